The number of likely N-dealkylation sites (N-methyl/N-ethyl adjacent to an activating group) is 1. The predicted molar refractivity (Wildman–Crippen MR) is 117 cm³/mol. The summed E-state index contributed by atoms with van der Waals surface area (Å²) in [5.41, 5.74) is 2.26. The molecule has 0 radical (unpaired) electrons. The monoisotopic (exact) mass is 402 g/mol. The fourth-order valence-electron chi connectivity index (χ4n) is 2.94. The van der Waals surface area contributed by atoms with Crippen LogP contribution in [0.5, 0.6) is 5.75 Å². The first-order valence-electron chi connectivity index (χ1n) is 9.90. The number of aliphatic imine (C=N–C) groups is 1. The predicted octanol–water partition coefficient (Wildman–Crippen LogP) is 2.97. The molecule has 29 heavy (non-hydrogen) atoms. The van der Waals surface area contributed by atoms with Crippen LogP contribution in [-0.2, 0) is 11.3 Å². The minimum atomic E-state index is 0.114. The molecule has 2 rings (SSSR count). The largest absolute Gasteiger partial charge is 0.493 e. The van der Waals surface area contributed by atoms with Gasteiger partial charge in [0.25, 0.3) is 0 Å². The van der Waals surface area contributed by atoms with Crippen LogP contribution in [0, 0.1) is 6.92 Å². The zero-order valence-electron chi connectivity index (χ0n) is 18.2. The van der Waals surface area contributed by atoms with Gasteiger partial charge in [-0.1, -0.05) is 12.1 Å². The Kier molecular flexibility index (Phi) is 9.53. The Hall–Kier alpha value is -2.51. The average molecular weight is 403 g/mol. The zero-order valence-corrected chi connectivity index (χ0v) is 18.2. The van der Waals surface area contributed by atoms with E-state index in [1.54, 1.807) is 20.4 Å². The standard InChI is InChI=1S/C22H34N4O3/c1-17-9-10-18(21(14-17)29-13-7-11-27-5)15-24-22(23-2)25-16-19(26(3)4)20-8-6-12-28-20/h6,8-10,12,14,19H,7,11,13,15-16H2,1-5H3,(H2,23,24,25). The van der Waals surface area contributed by atoms with Crippen molar-refractivity contribution in [1.82, 2.24) is 15.5 Å². The van der Waals surface area contributed by atoms with Gasteiger partial charge >= 0.3 is 0 Å². The summed E-state index contributed by atoms with van der Waals surface area (Å²) in [6.07, 6.45) is 2.56. The molecule has 160 valence electrons. The first-order chi connectivity index (χ1) is 14.0. The molecule has 0 bridgehead atoms. The van der Waals surface area contributed by atoms with Crippen LogP contribution < -0.4 is 15.4 Å². The van der Waals surface area contributed by atoms with Gasteiger partial charge in [-0.15, -0.1) is 0 Å². The number of guanidine groups is 1. The summed E-state index contributed by atoms with van der Waals surface area (Å²) in [5, 5.41) is 6.75. The van der Waals surface area contributed by atoms with Crippen LogP contribution in [-0.4, -0.2) is 58.9 Å². The molecule has 1 heterocycles. The van der Waals surface area contributed by atoms with Crippen molar-refractivity contribution in [3.63, 3.8) is 0 Å². The maximum absolute atomic E-state index is 5.97. The van der Waals surface area contributed by atoms with Gasteiger partial charge in [0.2, 0.25) is 0 Å². The number of nitrogens with one attached hydrogen (secondary N) is 2. The van der Waals surface area contributed by atoms with Crippen molar-refractivity contribution in [3.05, 3.63) is 53.5 Å². The van der Waals surface area contributed by atoms with E-state index in [2.05, 4.69) is 45.6 Å². The van der Waals surface area contributed by atoms with Crippen molar-refractivity contribution in [2.45, 2.75) is 25.9 Å². The van der Waals surface area contributed by atoms with E-state index in [-0.39, 0.29) is 6.04 Å². The van der Waals surface area contributed by atoms with E-state index in [0.717, 1.165) is 29.5 Å². The summed E-state index contributed by atoms with van der Waals surface area (Å²) >= 11 is 0. The van der Waals surface area contributed by atoms with E-state index >= 15 is 0 Å². The second-order valence-electron chi connectivity index (χ2n) is 7.11. The van der Waals surface area contributed by atoms with E-state index in [1.165, 1.54) is 5.56 Å². The number of rotatable bonds is 11. The molecule has 7 nitrogen and oxygen atoms in total. The first-order valence-corrected chi connectivity index (χ1v) is 9.90. The molecule has 2 N–H and O–H groups in total. The van der Waals surface area contributed by atoms with E-state index < -0.39 is 0 Å². The molecule has 0 saturated heterocycles. The lowest BCUT2D eigenvalue weighted by atomic mass is 10.1. The highest BCUT2D eigenvalue weighted by atomic mass is 16.5. The van der Waals surface area contributed by atoms with Crippen LogP contribution in [0.25, 0.3) is 0 Å². The van der Waals surface area contributed by atoms with Gasteiger partial charge in [0.1, 0.15) is 11.5 Å². The molecule has 1 unspecified atom stereocenters. The van der Waals surface area contributed by atoms with E-state index in [9.17, 15) is 0 Å². The van der Waals surface area contributed by atoms with Crippen LogP contribution in [0.15, 0.2) is 46.0 Å². The molecular formula is C22H34N4O3. The molecule has 0 aliphatic carbocycles. The van der Waals surface area contributed by atoms with Gasteiger partial charge in [-0.2, -0.15) is 0 Å². The minimum Gasteiger partial charge on any atom is -0.493 e. The zero-order chi connectivity index (χ0) is 21.1. The number of hydrogen-bond acceptors (Lipinski definition) is 5. The highest BCUT2D eigenvalue weighted by Crippen LogP contribution is 2.21. The molecule has 1 aromatic carbocycles. The number of nitrogens with zero attached hydrogens (tertiary/aromatic N) is 2. The maximum atomic E-state index is 5.97. The van der Waals surface area contributed by atoms with Crippen molar-refractivity contribution in [2.24, 2.45) is 4.99 Å². The molecular weight excluding hydrogens is 368 g/mol. The lowest BCUT2D eigenvalue weighted by Gasteiger charge is -2.24. The summed E-state index contributed by atoms with van der Waals surface area (Å²) in [6.45, 7) is 4.68. The Morgan fingerprint density at radius 1 is 1.21 bits per heavy atom. The SMILES string of the molecule is CN=C(NCc1ccc(C)cc1OCCCOC)NCC(c1ccco1)N(C)C. The van der Waals surface area contributed by atoms with Gasteiger partial charge in [-0.05, 0) is 44.8 Å². The maximum Gasteiger partial charge on any atom is 0.191 e. The van der Waals surface area contributed by atoms with Gasteiger partial charge in [0.05, 0.1) is 18.9 Å². The molecule has 7 heteroatoms. The quantitative estimate of drug-likeness (QED) is 0.342. The van der Waals surface area contributed by atoms with Crippen molar-refractivity contribution in [1.29, 1.82) is 0 Å². The van der Waals surface area contributed by atoms with Crippen LogP contribution in [0.1, 0.15) is 29.3 Å². The number of hydrogen-bond donors (Lipinski definition) is 2. The summed E-state index contributed by atoms with van der Waals surface area (Å²) in [5.74, 6) is 2.54. The number of furan rings is 1. The van der Waals surface area contributed by atoms with Gasteiger partial charge in [0.15, 0.2) is 5.96 Å². The third kappa shape index (κ3) is 7.44. The molecule has 0 amide bonds. The van der Waals surface area contributed by atoms with E-state index in [4.69, 9.17) is 13.9 Å². The Balaban J connectivity index is 1.93. The molecule has 1 aromatic heterocycles. The van der Waals surface area contributed by atoms with Crippen LogP contribution in [0.2, 0.25) is 0 Å². The molecule has 2 aromatic rings. The van der Waals surface area contributed by atoms with Crippen LogP contribution in [0.4, 0.5) is 0 Å². The molecule has 0 aliphatic heterocycles. The minimum absolute atomic E-state index is 0.114. The van der Waals surface area contributed by atoms with Crippen molar-refractivity contribution in [2.75, 3.05) is 48.0 Å². The number of ether oxygens (including phenoxy) is 2. The second-order valence-corrected chi connectivity index (χ2v) is 7.11. The fraction of sp³-hybridized carbons (Fsp3) is 0.500. The van der Waals surface area contributed by atoms with E-state index in [0.29, 0.717) is 26.3 Å². The number of benzene rings is 1. The summed E-state index contributed by atoms with van der Waals surface area (Å²) < 4.78 is 16.6. The lowest BCUT2D eigenvalue weighted by molar-refractivity contribution is 0.171. The Morgan fingerprint density at radius 3 is 2.69 bits per heavy atom. The van der Waals surface area contributed by atoms with Gasteiger partial charge in [-0.25, -0.2) is 0 Å². The third-order valence-corrected chi connectivity index (χ3v) is 4.60. The average Bonchev–Trinajstić information content (AvgIpc) is 3.23. The number of aryl methyl sites for hydroxylation is 1. The molecule has 1 atom stereocenters. The van der Waals surface area contributed by atoms with Crippen molar-refractivity contribution >= 4 is 5.96 Å². The fourth-order valence-corrected chi connectivity index (χ4v) is 2.94. The highest BCUT2D eigenvalue weighted by Gasteiger charge is 2.17. The molecule has 0 spiro atoms. The lowest BCUT2D eigenvalue weighted by Crippen LogP contribution is -2.41. The van der Waals surface area contributed by atoms with Gasteiger partial charge in [0, 0.05) is 45.8 Å². The van der Waals surface area contributed by atoms with Gasteiger partial charge < -0.3 is 24.5 Å². The number of methoxy groups -OCH3 is 1. The Labute approximate surface area is 174 Å². The molecule has 0 aliphatic rings. The summed E-state index contributed by atoms with van der Waals surface area (Å²) in [7, 11) is 7.53. The summed E-state index contributed by atoms with van der Waals surface area (Å²) in [6, 6.07) is 10.3. The smallest absolute Gasteiger partial charge is 0.191 e. The third-order valence-electron chi connectivity index (χ3n) is 4.60. The first kappa shape index (κ1) is 22.8. The summed E-state index contributed by atoms with van der Waals surface area (Å²) in [4.78, 5) is 6.45. The Bertz CT molecular complexity index is 745. The highest BCUT2D eigenvalue weighted by molar-refractivity contribution is 5.79. The van der Waals surface area contributed by atoms with Crippen LogP contribution in [0.3, 0.4) is 0 Å². The Morgan fingerprint density at radius 2 is 2.03 bits per heavy atom. The van der Waals surface area contributed by atoms with Crippen molar-refractivity contribution in [3.8, 4) is 5.75 Å². The molecule has 0 saturated carbocycles. The van der Waals surface area contributed by atoms with E-state index in [1.807, 2.05) is 26.2 Å². The van der Waals surface area contributed by atoms with Gasteiger partial charge in [-0.3, -0.25) is 9.89 Å². The topological polar surface area (TPSA) is 71.3 Å². The molecule has 0 fully saturated rings. The second kappa shape index (κ2) is 12.1. The van der Waals surface area contributed by atoms with Crippen LogP contribution >= 0.6 is 0 Å². The normalized spacial score (nSPS) is 12.8. The van der Waals surface area contributed by atoms with Crippen molar-refractivity contribution < 1.29 is 13.9 Å².